The van der Waals surface area contributed by atoms with Crippen LogP contribution in [-0.4, -0.2) is 11.1 Å². The van der Waals surface area contributed by atoms with Gasteiger partial charge in [0.1, 0.15) is 9.15 Å². The summed E-state index contributed by atoms with van der Waals surface area (Å²) in [6.07, 6.45) is 0. The summed E-state index contributed by atoms with van der Waals surface area (Å²) in [6, 6.07) is 5.41. The van der Waals surface area contributed by atoms with Crippen molar-refractivity contribution in [3.8, 4) is 22.5 Å². The fourth-order valence-corrected chi connectivity index (χ4v) is 7.27. The van der Waals surface area contributed by atoms with Gasteiger partial charge in [0, 0.05) is 25.6 Å². The highest BCUT2D eigenvalue weighted by Gasteiger charge is 2.31. The Labute approximate surface area is 242 Å². The first-order valence-corrected chi connectivity index (χ1v) is 13.3. The smallest absolute Gasteiger partial charge is 0.337 e. The molecule has 0 aromatic heterocycles. The zero-order valence-electron chi connectivity index (χ0n) is 15.5. The minimum atomic E-state index is -1.32. The fraction of sp³-hybridized carbons (Fsp3) is 0.0476. The van der Waals surface area contributed by atoms with Crippen molar-refractivity contribution in [2.24, 2.45) is 0 Å². The molecule has 1 aliphatic heterocycles. The molecule has 0 saturated carbocycles. The Morgan fingerprint density at radius 3 is 2.19 bits per heavy atom. The molecule has 0 amide bonds. The average molecular weight is 846 g/mol. The van der Waals surface area contributed by atoms with Crippen molar-refractivity contribution in [2.45, 2.75) is 6.92 Å². The second-order valence-electron chi connectivity index (χ2n) is 6.77. The van der Waals surface area contributed by atoms with Crippen LogP contribution in [0.25, 0.3) is 33.4 Å². The van der Waals surface area contributed by atoms with Gasteiger partial charge in [-0.05, 0) is 98.5 Å². The summed E-state index contributed by atoms with van der Waals surface area (Å²) in [5, 5.41) is 10.1. The van der Waals surface area contributed by atoms with Gasteiger partial charge in [0.15, 0.2) is 11.2 Å². The highest BCUT2D eigenvalue weighted by Crippen LogP contribution is 2.51. The first-order chi connectivity index (χ1) is 15.0. The maximum Gasteiger partial charge on any atom is 0.337 e. The minimum absolute atomic E-state index is 0.0556. The molecule has 164 valence electrons. The van der Waals surface area contributed by atoms with E-state index in [1.165, 1.54) is 0 Å². The number of carbonyl (C=O) groups is 1. The van der Waals surface area contributed by atoms with Crippen LogP contribution < -0.4 is 5.43 Å². The third-order valence-corrected chi connectivity index (χ3v) is 9.05. The summed E-state index contributed by atoms with van der Waals surface area (Å²) in [4.78, 5) is 25.0. The zero-order chi connectivity index (χ0) is 23.6. The largest absolute Gasteiger partial charge is 0.478 e. The number of carboxylic acids is 1. The average Bonchev–Trinajstić information content (AvgIpc) is 2.72. The molecular formula is C21H7Cl4I3O4. The van der Waals surface area contributed by atoms with E-state index in [4.69, 9.17) is 50.8 Å². The van der Waals surface area contributed by atoms with E-state index in [2.05, 4.69) is 45.2 Å². The molecule has 1 aliphatic carbocycles. The van der Waals surface area contributed by atoms with E-state index in [0.29, 0.717) is 37.0 Å². The molecule has 2 aliphatic rings. The van der Waals surface area contributed by atoms with Gasteiger partial charge in [-0.2, -0.15) is 0 Å². The first kappa shape index (κ1) is 25.1. The third kappa shape index (κ3) is 3.93. The maximum atomic E-state index is 12.7. The van der Waals surface area contributed by atoms with Crippen LogP contribution in [0.5, 0.6) is 0 Å². The predicted octanol–water partition coefficient (Wildman–Crippen LogP) is 9.00. The number of halogens is 7. The summed E-state index contributed by atoms with van der Waals surface area (Å²) in [7, 11) is 0. The van der Waals surface area contributed by atoms with E-state index in [1.54, 1.807) is 13.0 Å². The quantitative estimate of drug-likeness (QED) is 0.0948. The summed E-state index contributed by atoms with van der Waals surface area (Å²) in [5.41, 5.74) is 1.55. The molecule has 4 nitrogen and oxygen atoms in total. The van der Waals surface area contributed by atoms with Crippen molar-refractivity contribution in [1.29, 1.82) is 0 Å². The lowest BCUT2D eigenvalue weighted by atomic mass is 9.90. The topological polar surface area (TPSA) is 67.5 Å². The lowest BCUT2D eigenvalue weighted by Gasteiger charge is -2.21. The van der Waals surface area contributed by atoms with E-state index in [9.17, 15) is 14.7 Å². The Balaban J connectivity index is 2.41. The fourth-order valence-electron chi connectivity index (χ4n) is 3.46. The molecule has 2 aromatic rings. The summed E-state index contributed by atoms with van der Waals surface area (Å²) in [5.74, 6) is -1.00. The van der Waals surface area contributed by atoms with Crippen LogP contribution in [0.3, 0.4) is 0 Å². The monoisotopic (exact) mass is 844 g/mol. The van der Waals surface area contributed by atoms with E-state index < -0.39 is 5.97 Å². The van der Waals surface area contributed by atoms with E-state index in [1.807, 2.05) is 34.7 Å². The Morgan fingerprint density at radius 2 is 1.56 bits per heavy atom. The Hall–Kier alpha value is -0.0500. The van der Waals surface area contributed by atoms with Crippen molar-refractivity contribution in [3.05, 3.63) is 70.4 Å². The molecule has 4 rings (SSSR count). The van der Waals surface area contributed by atoms with Crippen LogP contribution in [0.4, 0.5) is 0 Å². The summed E-state index contributed by atoms with van der Waals surface area (Å²) < 4.78 is 8.22. The number of aromatic carboxylic acids is 1. The van der Waals surface area contributed by atoms with Crippen LogP contribution >= 0.6 is 114 Å². The van der Waals surface area contributed by atoms with Gasteiger partial charge in [0.2, 0.25) is 0 Å². The second-order valence-corrected chi connectivity index (χ2v) is 11.8. The molecule has 0 fully saturated rings. The number of carboxylic acid groups (broad SMARTS) is 1. The van der Waals surface area contributed by atoms with Gasteiger partial charge in [-0.1, -0.05) is 46.4 Å². The lowest BCUT2D eigenvalue weighted by molar-refractivity contribution is 0.0698. The number of benzene rings is 3. The van der Waals surface area contributed by atoms with Crippen LogP contribution in [0.1, 0.15) is 15.9 Å². The van der Waals surface area contributed by atoms with Crippen molar-refractivity contribution >= 4 is 131 Å². The van der Waals surface area contributed by atoms with Gasteiger partial charge < -0.3 is 9.52 Å². The normalized spacial score (nSPS) is 11.5. The van der Waals surface area contributed by atoms with Gasteiger partial charge in [-0.15, -0.1) is 0 Å². The molecule has 2 aromatic carbocycles. The van der Waals surface area contributed by atoms with Gasteiger partial charge in [-0.25, -0.2) is 4.79 Å². The van der Waals surface area contributed by atoms with Gasteiger partial charge >= 0.3 is 5.97 Å². The number of fused-ring (bicyclic) bond motifs is 2. The van der Waals surface area contributed by atoms with Crippen LogP contribution in [0.2, 0.25) is 20.1 Å². The third-order valence-electron chi connectivity index (χ3n) is 4.84. The Bertz CT molecular complexity index is 1510. The standard InChI is InChI=1S/C21H7Cl4I3O4/c1-5-2-7-10(11-12(21(30)31)14(23)16(25)15(24)13(11)22)8-3-6(26)4-9(27)19(8)32-20(7)17(28)18(5)29/h2-4H,1H3,(H,30,31). The predicted molar refractivity (Wildman–Crippen MR) is 154 cm³/mol. The van der Waals surface area contributed by atoms with Crippen molar-refractivity contribution in [1.82, 2.24) is 0 Å². The van der Waals surface area contributed by atoms with Crippen LogP contribution in [-0.2, 0) is 0 Å². The molecule has 11 heteroatoms. The van der Waals surface area contributed by atoms with E-state index in [-0.39, 0.29) is 36.6 Å². The van der Waals surface area contributed by atoms with Gasteiger partial charge in [-0.3, -0.25) is 4.79 Å². The van der Waals surface area contributed by atoms with Crippen molar-refractivity contribution in [2.75, 3.05) is 0 Å². The first-order valence-electron chi connectivity index (χ1n) is 8.60. The highest BCUT2D eigenvalue weighted by atomic mass is 127. The maximum absolute atomic E-state index is 12.7. The molecule has 0 atom stereocenters. The Kier molecular flexibility index (Phi) is 7.20. The molecule has 1 heterocycles. The van der Waals surface area contributed by atoms with Gasteiger partial charge in [0.25, 0.3) is 0 Å². The van der Waals surface area contributed by atoms with Gasteiger partial charge in [0.05, 0.1) is 29.2 Å². The van der Waals surface area contributed by atoms with Crippen molar-refractivity contribution in [3.63, 3.8) is 0 Å². The minimum Gasteiger partial charge on any atom is -0.478 e. The molecule has 32 heavy (non-hydrogen) atoms. The van der Waals surface area contributed by atoms with Crippen LogP contribution in [0, 0.1) is 17.6 Å². The van der Waals surface area contributed by atoms with Crippen LogP contribution in [0.15, 0.2) is 27.4 Å². The number of aryl methyl sites for hydroxylation is 1. The molecule has 0 unspecified atom stereocenters. The zero-order valence-corrected chi connectivity index (χ0v) is 25.0. The van der Waals surface area contributed by atoms with Crippen molar-refractivity contribution < 1.29 is 14.3 Å². The number of hydrogen-bond donors (Lipinski definition) is 1. The Morgan fingerprint density at radius 1 is 0.938 bits per heavy atom. The van der Waals surface area contributed by atoms with E-state index >= 15 is 0 Å². The molecule has 0 radical (unpaired) electrons. The number of rotatable bonds is 2. The SMILES string of the molecule is Cc1cc2c(-c3c(Cl)c(Cl)c(Cl)c(Cl)c3C(=O)O)c3cc(I)cc(I)c3oc-2c(I)c1=O. The van der Waals surface area contributed by atoms with E-state index in [0.717, 1.165) is 7.14 Å². The molecule has 0 saturated heterocycles. The molecule has 1 N–H and O–H groups in total. The number of hydrogen-bond acceptors (Lipinski definition) is 3. The summed E-state index contributed by atoms with van der Waals surface area (Å²) >= 11 is 31.7. The second kappa shape index (κ2) is 9.19. The highest BCUT2D eigenvalue weighted by molar-refractivity contribution is 14.1. The molecular weight excluding hydrogens is 839 g/mol. The molecule has 0 spiro atoms. The molecule has 0 bridgehead atoms. The lowest BCUT2D eigenvalue weighted by Crippen LogP contribution is -2.12. The summed E-state index contributed by atoms with van der Waals surface area (Å²) in [6.45, 7) is 1.68.